The molecule has 2 N–H and O–H groups in total. The molecule has 0 saturated heterocycles. The number of phenolic OH excluding ortho intramolecular Hbond substituents is 2. The number of aliphatic imine (C=N–C) groups is 1. The fraction of sp³-hybridized carbons (Fsp3) is 0.0571. The highest BCUT2D eigenvalue weighted by Gasteiger charge is 2.17. The van der Waals surface area contributed by atoms with Gasteiger partial charge < -0.3 is 10.2 Å². The first-order chi connectivity index (χ1) is 19.6. The topological polar surface area (TPSA) is 52.8 Å². The standard InChI is InChI=1S/C35H26BrNO2S/c36-30-19-24(22-40-21-23-8-2-1-3-9-23)18-27(35(30)39)20-37-31-16-14-25-10-4-6-12-28(25)33(31)34-29-13-7-5-11-26(29)15-17-32(34)38/h1-20,38-39H,21-22H2. The van der Waals surface area contributed by atoms with Crippen molar-refractivity contribution in [2.45, 2.75) is 11.5 Å². The third-order valence-corrected chi connectivity index (χ3v) is 8.62. The van der Waals surface area contributed by atoms with Crippen molar-refractivity contribution in [1.29, 1.82) is 0 Å². The minimum atomic E-state index is 0.149. The molecule has 0 spiro atoms. The van der Waals surface area contributed by atoms with Crippen molar-refractivity contribution in [2.24, 2.45) is 4.99 Å². The maximum atomic E-state index is 11.1. The summed E-state index contributed by atoms with van der Waals surface area (Å²) in [5.74, 6) is 2.07. The molecule has 0 atom stereocenters. The van der Waals surface area contributed by atoms with E-state index < -0.39 is 0 Å². The summed E-state index contributed by atoms with van der Waals surface area (Å²) in [6.07, 6.45) is 1.71. The summed E-state index contributed by atoms with van der Waals surface area (Å²) in [4.78, 5) is 4.90. The molecular weight excluding hydrogens is 578 g/mol. The van der Waals surface area contributed by atoms with Gasteiger partial charge in [0.2, 0.25) is 0 Å². The Hall–Kier alpha value is -4.06. The highest BCUT2D eigenvalue weighted by molar-refractivity contribution is 9.10. The predicted molar refractivity (Wildman–Crippen MR) is 173 cm³/mol. The van der Waals surface area contributed by atoms with Crippen LogP contribution in [0.2, 0.25) is 0 Å². The van der Waals surface area contributed by atoms with E-state index in [9.17, 15) is 10.2 Å². The molecule has 196 valence electrons. The summed E-state index contributed by atoms with van der Waals surface area (Å²) in [6, 6.07) is 38.2. The van der Waals surface area contributed by atoms with E-state index in [0.717, 1.165) is 49.7 Å². The lowest BCUT2D eigenvalue weighted by atomic mass is 9.92. The van der Waals surface area contributed by atoms with Crippen LogP contribution in [0.4, 0.5) is 5.69 Å². The van der Waals surface area contributed by atoms with Crippen LogP contribution in [-0.2, 0) is 11.5 Å². The van der Waals surface area contributed by atoms with E-state index in [-0.39, 0.29) is 11.5 Å². The minimum Gasteiger partial charge on any atom is -0.507 e. The van der Waals surface area contributed by atoms with Crippen molar-refractivity contribution < 1.29 is 10.2 Å². The van der Waals surface area contributed by atoms with Gasteiger partial charge in [0.1, 0.15) is 11.5 Å². The molecule has 0 saturated carbocycles. The molecule has 6 rings (SSSR count). The average Bonchev–Trinajstić information content (AvgIpc) is 2.99. The molecule has 0 aliphatic heterocycles. The van der Waals surface area contributed by atoms with Gasteiger partial charge in [-0.2, -0.15) is 11.8 Å². The maximum absolute atomic E-state index is 11.1. The van der Waals surface area contributed by atoms with Crippen LogP contribution in [0, 0.1) is 0 Å². The number of rotatable bonds is 7. The monoisotopic (exact) mass is 603 g/mol. The predicted octanol–water partition coefficient (Wildman–Crippen LogP) is 10.0. The molecule has 0 aromatic heterocycles. The molecule has 3 nitrogen and oxygen atoms in total. The molecule has 0 aliphatic carbocycles. The maximum Gasteiger partial charge on any atom is 0.138 e. The molecule has 0 amide bonds. The zero-order valence-electron chi connectivity index (χ0n) is 21.6. The number of aromatic hydroxyl groups is 2. The van der Waals surface area contributed by atoms with Crippen LogP contribution < -0.4 is 0 Å². The van der Waals surface area contributed by atoms with Crippen molar-refractivity contribution in [3.63, 3.8) is 0 Å². The SMILES string of the molecule is Oc1ccc2ccccc2c1-c1c(N=Cc2cc(CSCc3ccccc3)cc(Br)c2O)ccc2ccccc12. The Morgan fingerprint density at radius 1 is 0.650 bits per heavy atom. The second-order valence-electron chi connectivity index (χ2n) is 9.61. The van der Waals surface area contributed by atoms with Crippen LogP contribution in [-0.4, -0.2) is 16.4 Å². The van der Waals surface area contributed by atoms with Crippen LogP contribution in [0.15, 0.2) is 125 Å². The number of hydrogen-bond donors (Lipinski definition) is 2. The van der Waals surface area contributed by atoms with Crippen LogP contribution in [0.25, 0.3) is 32.7 Å². The van der Waals surface area contributed by atoms with Crippen molar-refractivity contribution in [3.05, 3.63) is 136 Å². The fourth-order valence-electron chi connectivity index (χ4n) is 5.01. The van der Waals surface area contributed by atoms with Gasteiger partial charge in [-0.05, 0) is 72.9 Å². The molecule has 0 radical (unpaired) electrons. The number of halogens is 1. The molecule has 5 heteroatoms. The third kappa shape index (κ3) is 5.35. The summed E-state index contributed by atoms with van der Waals surface area (Å²) >= 11 is 5.35. The molecule has 40 heavy (non-hydrogen) atoms. The lowest BCUT2D eigenvalue weighted by molar-refractivity contribution is 0.471. The zero-order valence-corrected chi connectivity index (χ0v) is 24.0. The molecule has 0 heterocycles. The van der Waals surface area contributed by atoms with Crippen molar-refractivity contribution in [1.82, 2.24) is 0 Å². The van der Waals surface area contributed by atoms with Crippen LogP contribution >= 0.6 is 27.7 Å². The quantitative estimate of drug-likeness (QED) is 0.178. The molecule has 0 fully saturated rings. The van der Waals surface area contributed by atoms with Gasteiger partial charge in [0.25, 0.3) is 0 Å². The number of benzene rings is 6. The molecular formula is C35H26BrNO2S. The molecule has 6 aromatic carbocycles. The van der Waals surface area contributed by atoms with E-state index >= 15 is 0 Å². The van der Waals surface area contributed by atoms with Crippen molar-refractivity contribution in [3.8, 4) is 22.6 Å². The second kappa shape index (κ2) is 11.6. The highest BCUT2D eigenvalue weighted by Crippen LogP contribution is 2.45. The van der Waals surface area contributed by atoms with Gasteiger partial charge in [0.05, 0.1) is 10.2 Å². The number of phenols is 2. The number of nitrogens with zero attached hydrogens (tertiary/aromatic N) is 1. The van der Waals surface area contributed by atoms with Crippen LogP contribution in [0.1, 0.15) is 16.7 Å². The Morgan fingerprint density at radius 2 is 1.27 bits per heavy atom. The molecule has 0 unspecified atom stereocenters. The van der Waals surface area contributed by atoms with Crippen molar-refractivity contribution >= 4 is 61.1 Å². The lowest BCUT2D eigenvalue weighted by Crippen LogP contribution is -1.91. The van der Waals surface area contributed by atoms with E-state index in [4.69, 9.17) is 4.99 Å². The Balaban J connectivity index is 1.41. The van der Waals surface area contributed by atoms with Gasteiger partial charge in [0, 0.05) is 34.4 Å². The molecule has 6 aromatic rings. The van der Waals surface area contributed by atoms with E-state index in [1.807, 2.05) is 84.6 Å². The van der Waals surface area contributed by atoms with Gasteiger partial charge in [-0.3, -0.25) is 4.99 Å². The van der Waals surface area contributed by atoms with Gasteiger partial charge in [0.15, 0.2) is 0 Å². The summed E-state index contributed by atoms with van der Waals surface area (Å²) in [5, 5.41) is 26.0. The zero-order chi connectivity index (χ0) is 27.5. The highest BCUT2D eigenvalue weighted by atomic mass is 79.9. The van der Waals surface area contributed by atoms with Gasteiger partial charge in [-0.25, -0.2) is 0 Å². The van der Waals surface area contributed by atoms with Crippen molar-refractivity contribution in [2.75, 3.05) is 0 Å². The summed E-state index contributed by atoms with van der Waals surface area (Å²) in [5.41, 5.74) is 5.33. The van der Waals surface area contributed by atoms with Gasteiger partial charge in [-0.15, -0.1) is 0 Å². The fourth-order valence-corrected chi connectivity index (χ4v) is 6.47. The molecule has 0 bridgehead atoms. The Labute approximate surface area is 246 Å². The normalized spacial score (nSPS) is 11.5. The first kappa shape index (κ1) is 26.2. The van der Waals surface area contributed by atoms with E-state index in [1.54, 1.807) is 12.3 Å². The van der Waals surface area contributed by atoms with E-state index in [2.05, 4.69) is 52.3 Å². The first-order valence-electron chi connectivity index (χ1n) is 13.0. The summed E-state index contributed by atoms with van der Waals surface area (Å²) in [6.45, 7) is 0. The number of hydrogen-bond acceptors (Lipinski definition) is 4. The number of fused-ring (bicyclic) bond motifs is 2. The summed E-state index contributed by atoms with van der Waals surface area (Å²) < 4.78 is 0.636. The molecule has 0 aliphatic rings. The minimum absolute atomic E-state index is 0.149. The Morgan fingerprint density at radius 3 is 2.02 bits per heavy atom. The lowest BCUT2D eigenvalue weighted by Gasteiger charge is -2.15. The van der Waals surface area contributed by atoms with E-state index in [1.165, 1.54) is 5.56 Å². The largest absolute Gasteiger partial charge is 0.507 e. The summed E-state index contributed by atoms with van der Waals surface area (Å²) in [7, 11) is 0. The van der Waals surface area contributed by atoms with Crippen LogP contribution in [0.3, 0.4) is 0 Å². The van der Waals surface area contributed by atoms with Gasteiger partial charge >= 0.3 is 0 Å². The van der Waals surface area contributed by atoms with Crippen LogP contribution in [0.5, 0.6) is 11.5 Å². The second-order valence-corrected chi connectivity index (χ2v) is 11.5. The Kier molecular flexibility index (Phi) is 7.58. The average molecular weight is 605 g/mol. The Bertz CT molecular complexity index is 1870. The van der Waals surface area contributed by atoms with Gasteiger partial charge in [-0.1, -0.05) is 91.0 Å². The number of thioether (sulfide) groups is 1. The smallest absolute Gasteiger partial charge is 0.138 e. The van der Waals surface area contributed by atoms with E-state index in [0.29, 0.717) is 15.7 Å². The first-order valence-corrected chi connectivity index (χ1v) is 14.9. The third-order valence-electron chi connectivity index (χ3n) is 6.94.